The molecule has 0 atom stereocenters. The number of halogens is 2. The third-order valence-electron chi connectivity index (χ3n) is 3.47. The van der Waals surface area contributed by atoms with Gasteiger partial charge in [0, 0.05) is 30.2 Å². The van der Waals surface area contributed by atoms with Gasteiger partial charge in [0.15, 0.2) is 11.5 Å². The van der Waals surface area contributed by atoms with Crippen molar-refractivity contribution < 1.29 is 18.6 Å². The van der Waals surface area contributed by atoms with E-state index < -0.39 is 0 Å². The van der Waals surface area contributed by atoms with Crippen molar-refractivity contribution >= 4 is 15.9 Å². The molecule has 0 amide bonds. The second kappa shape index (κ2) is 9.61. The Labute approximate surface area is 150 Å². The molecule has 1 N–H and O–H groups in total. The average molecular weight is 398 g/mol. The summed E-state index contributed by atoms with van der Waals surface area (Å²) in [4.78, 5) is 0. The van der Waals surface area contributed by atoms with Gasteiger partial charge in [-0.3, -0.25) is 0 Å². The summed E-state index contributed by atoms with van der Waals surface area (Å²) in [5.41, 5.74) is 1.54. The van der Waals surface area contributed by atoms with Gasteiger partial charge in [-0.05, 0) is 23.8 Å². The molecule has 24 heavy (non-hydrogen) atoms. The Kier molecular flexibility index (Phi) is 7.49. The first kappa shape index (κ1) is 18.7. The molecular weight excluding hydrogens is 377 g/mol. The van der Waals surface area contributed by atoms with Crippen molar-refractivity contribution in [2.75, 3.05) is 27.4 Å². The molecule has 0 heterocycles. The Morgan fingerprint density at radius 1 is 1.08 bits per heavy atom. The number of hydrogen-bond acceptors (Lipinski definition) is 4. The van der Waals surface area contributed by atoms with E-state index in [0.717, 1.165) is 16.6 Å². The molecule has 0 spiro atoms. The monoisotopic (exact) mass is 397 g/mol. The maximum atomic E-state index is 13.7. The number of ether oxygens (including phenoxy) is 3. The van der Waals surface area contributed by atoms with Crippen LogP contribution in [0.2, 0.25) is 0 Å². The zero-order chi connectivity index (χ0) is 17.4. The first-order chi connectivity index (χ1) is 11.7. The summed E-state index contributed by atoms with van der Waals surface area (Å²) >= 11 is 3.54. The molecule has 0 saturated carbocycles. The number of methoxy groups -OCH3 is 2. The molecule has 0 aliphatic carbocycles. The lowest BCUT2D eigenvalue weighted by Crippen LogP contribution is -2.18. The highest BCUT2D eigenvalue weighted by atomic mass is 79.9. The molecule has 0 aromatic heterocycles. The lowest BCUT2D eigenvalue weighted by molar-refractivity contribution is 0.199. The Hall–Kier alpha value is -1.63. The van der Waals surface area contributed by atoms with Gasteiger partial charge in [0.05, 0.1) is 13.7 Å². The van der Waals surface area contributed by atoms with Crippen molar-refractivity contribution in [1.82, 2.24) is 5.32 Å². The minimum absolute atomic E-state index is 0.140. The third kappa shape index (κ3) is 5.19. The van der Waals surface area contributed by atoms with E-state index in [1.165, 1.54) is 6.07 Å². The van der Waals surface area contributed by atoms with Gasteiger partial charge in [0.1, 0.15) is 12.4 Å². The van der Waals surface area contributed by atoms with Gasteiger partial charge in [0.2, 0.25) is 0 Å². The van der Waals surface area contributed by atoms with E-state index in [9.17, 15) is 4.39 Å². The number of benzene rings is 2. The van der Waals surface area contributed by atoms with E-state index in [-0.39, 0.29) is 12.4 Å². The standard InChI is InChI=1S/C18H21BrFNO3/c1-22-8-7-21-11-14-9-17(23-2)18(10-15(14)19)24-12-13-5-3-4-6-16(13)20/h3-6,9-10,21H,7-8,11-12H2,1-2H3. The van der Waals surface area contributed by atoms with Gasteiger partial charge in [-0.25, -0.2) is 4.39 Å². The average Bonchev–Trinajstić information content (AvgIpc) is 2.59. The number of hydrogen-bond donors (Lipinski definition) is 1. The van der Waals surface area contributed by atoms with Crippen molar-refractivity contribution in [3.63, 3.8) is 0 Å². The van der Waals surface area contributed by atoms with E-state index in [1.807, 2.05) is 12.1 Å². The molecule has 4 nitrogen and oxygen atoms in total. The van der Waals surface area contributed by atoms with E-state index in [4.69, 9.17) is 14.2 Å². The summed E-state index contributed by atoms with van der Waals surface area (Å²) < 4.78 is 30.7. The molecule has 0 fully saturated rings. The fraction of sp³-hybridized carbons (Fsp3) is 0.333. The molecule has 0 bridgehead atoms. The van der Waals surface area contributed by atoms with Crippen LogP contribution in [0.4, 0.5) is 4.39 Å². The van der Waals surface area contributed by atoms with E-state index in [2.05, 4.69) is 21.2 Å². The molecule has 0 aliphatic rings. The maximum Gasteiger partial charge on any atom is 0.162 e. The van der Waals surface area contributed by atoms with Crippen molar-refractivity contribution in [2.45, 2.75) is 13.2 Å². The summed E-state index contributed by atoms with van der Waals surface area (Å²) in [7, 11) is 3.25. The highest BCUT2D eigenvalue weighted by molar-refractivity contribution is 9.10. The number of rotatable bonds is 9. The van der Waals surface area contributed by atoms with Crippen LogP contribution in [0.5, 0.6) is 11.5 Å². The van der Waals surface area contributed by atoms with Gasteiger partial charge in [-0.1, -0.05) is 34.1 Å². The highest BCUT2D eigenvalue weighted by Gasteiger charge is 2.11. The molecule has 0 unspecified atom stereocenters. The van der Waals surface area contributed by atoms with Crippen LogP contribution in [0.25, 0.3) is 0 Å². The second-order valence-corrected chi connectivity index (χ2v) is 6.00. The van der Waals surface area contributed by atoms with Gasteiger partial charge >= 0.3 is 0 Å². The Balaban J connectivity index is 2.07. The van der Waals surface area contributed by atoms with Crippen molar-refractivity contribution in [3.8, 4) is 11.5 Å². The predicted octanol–water partition coefficient (Wildman–Crippen LogP) is 3.91. The van der Waals surface area contributed by atoms with Crippen LogP contribution in [0.1, 0.15) is 11.1 Å². The van der Waals surface area contributed by atoms with Crippen molar-refractivity contribution in [1.29, 1.82) is 0 Å². The smallest absolute Gasteiger partial charge is 0.162 e. The largest absolute Gasteiger partial charge is 0.493 e. The van der Waals surface area contributed by atoms with Gasteiger partial charge in [0.25, 0.3) is 0 Å². The summed E-state index contributed by atoms with van der Waals surface area (Å²) in [6.07, 6.45) is 0. The third-order valence-corrected chi connectivity index (χ3v) is 4.21. The SMILES string of the molecule is COCCNCc1cc(OC)c(OCc2ccccc2F)cc1Br. The molecular formula is C18H21BrFNO3. The highest BCUT2D eigenvalue weighted by Crippen LogP contribution is 2.34. The first-order valence-corrected chi connectivity index (χ1v) is 8.37. The molecule has 0 saturated heterocycles. The molecule has 0 aliphatic heterocycles. The van der Waals surface area contributed by atoms with E-state index in [1.54, 1.807) is 32.4 Å². The van der Waals surface area contributed by atoms with Crippen LogP contribution in [0, 0.1) is 5.82 Å². The summed E-state index contributed by atoms with van der Waals surface area (Å²) in [5.74, 6) is 0.890. The van der Waals surface area contributed by atoms with Crippen LogP contribution in [-0.4, -0.2) is 27.4 Å². The van der Waals surface area contributed by atoms with Crippen LogP contribution in [0.15, 0.2) is 40.9 Å². The topological polar surface area (TPSA) is 39.7 Å². The summed E-state index contributed by atoms with van der Waals surface area (Å²) in [6, 6.07) is 10.3. The quantitative estimate of drug-likeness (QED) is 0.651. The van der Waals surface area contributed by atoms with Gasteiger partial charge < -0.3 is 19.5 Å². The van der Waals surface area contributed by atoms with Crippen molar-refractivity contribution in [3.05, 3.63) is 57.8 Å². The summed E-state index contributed by atoms with van der Waals surface area (Å²) in [5, 5.41) is 3.28. The molecule has 0 radical (unpaired) electrons. The molecule has 2 rings (SSSR count). The maximum absolute atomic E-state index is 13.7. The molecule has 6 heteroatoms. The second-order valence-electron chi connectivity index (χ2n) is 5.14. The zero-order valence-corrected chi connectivity index (χ0v) is 15.4. The van der Waals surface area contributed by atoms with Crippen LogP contribution in [0.3, 0.4) is 0 Å². The minimum atomic E-state index is -0.283. The lowest BCUT2D eigenvalue weighted by atomic mass is 10.2. The molecule has 2 aromatic carbocycles. The number of nitrogens with one attached hydrogen (secondary N) is 1. The van der Waals surface area contributed by atoms with Gasteiger partial charge in [-0.2, -0.15) is 0 Å². The Morgan fingerprint density at radius 3 is 2.58 bits per heavy atom. The summed E-state index contributed by atoms with van der Waals surface area (Å²) in [6.45, 7) is 2.23. The Morgan fingerprint density at radius 2 is 1.88 bits per heavy atom. The molecule has 2 aromatic rings. The predicted molar refractivity (Wildman–Crippen MR) is 95.0 cm³/mol. The Bertz CT molecular complexity index is 667. The van der Waals surface area contributed by atoms with Crippen LogP contribution >= 0.6 is 15.9 Å². The molecule has 130 valence electrons. The fourth-order valence-corrected chi connectivity index (χ4v) is 2.62. The lowest BCUT2D eigenvalue weighted by Gasteiger charge is -2.14. The fourth-order valence-electron chi connectivity index (χ4n) is 2.15. The van der Waals surface area contributed by atoms with Crippen LogP contribution < -0.4 is 14.8 Å². The zero-order valence-electron chi connectivity index (χ0n) is 13.8. The normalized spacial score (nSPS) is 10.7. The van der Waals surface area contributed by atoms with Crippen molar-refractivity contribution in [2.24, 2.45) is 0 Å². The van der Waals surface area contributed by atoms with Crippen LogP contribution in [-0.2, 0) is 17.9 Å². The minimum Gasteiger partial charge on any atom is -0.493 e. The first-order valence-electron chi connectivity index (χ1n) is 7.58. The van der Waals surface area contributed by atoms with E-state index in [0.29, 0.717) is 30.2 Å². The van der Waals surface area contributed by atoms with Gasteiger partial charge in [-0.15, -0.1) is 0 Å². The van der Waals surface area contributed by atoms with E-state index >= 15 is 0 Å².